The van der Waals surface area contributed by atoms with Crippen molar-refractivity contribution in [3.63, 3.8) is 0 Å². The Labute approximate surface area is 184 Å². The van der Waals surface area contributed by atoms with Crippen LogP contribution in [-0.4, -0.2) is 69.8 Å². The van der Waals surface area contributed by atoms with Gasteiger partial charge in [0.25, 0.3) is 0 Å². The largest absolute Gasteiger partial charge is 0.369 e. The van der Waals surface area contributed by atoms with E-state index in [1.807, 2.05) is 24.3 Å². The van der Waals surface area contributed by atoms with Crippen molar-refractivity contribution in [1.29, 1.82) is 0 Å². The van der Waals surface area contributed by atoms with Crippen LogP contribution >= 0.6 is 0 Å². The molecule has 0 saturated carbocycles. The van der Waals surface area contributed by atoms with Crippen molar-refractivity contribution in [3.05, 3.63) is 54.6 Å². The third kappa shape index (κ3) is 5.08. The van der Waals surface area contributed by atoms with Gasteiger partial charge in [0.1, 0.15) is 0 Å². The molecule has 7 nitrogen and oxygen atoms in total. The van der Waals surface area contributed by atoms with Crippen LogP contribution in [0.3, 0.4) is 0 Å². The molecule has 1 N–H and O–H groups in total. The Morgan fingerprint density at radius 1 is 0.935 bits per heavy atom. The van der Waals surface area contributed by atoms with Gasteiger partial charge in [0, 0.05) is 50.6 Å². The van der Waals surface area contributed by atoms with Crippen LogP contribution in [-0.2, 0) is 14.8 Å². The molecule has 2 fully saturated rings. The number of hydrogen-bond acceptors (Lipinski definition) is 5. The SMILES string of the molecule is CN1CCN(c2ccc(NC(=O)[C@@H]3CCCN(S(=O)(=O)c4ccccc4)C3)cc2)CC1. The molecule has 4 rings (SSSR count). The molecule has 0 aromatic heterocycles. The topological polar surface area (TPSA) is 73.0 Å². The Kier molecular flexibility index (Phi) is 6.60. The number of likely N-dealkylation sites (N-methyl/N-ethyl adjacent to an activating group) is 1. The van der Waals surface area contributed by atoms with Gasteiger partial charge in [-0.3, -0.25) is 4.79 Å². The third-order valence-electron chi connectivity index (χ3n) is 6.14. The summed E-state index contributed by atoms with van der Waals surface area (Å²) in [6, 6.07) is 16.3. The molecule has 2 aliphatic heterocycles. The second-order valence-electron chi connectivity index (χ2n) is 8.34. The highest BCUT2D eigenvalue weighted by atomic mass is 32.2. The Hall–Kier alpha value is -2.42. The molecule has 2 aromatic carbocycles. The van der Waals surface area contributed by atoms with E-state index in [1.54, 1.807) is 30.3 Å². The maximum absolute atomic E-state index is 12.9. The summed E-state index contributed by atoms with van der Waals surface area (Å²) < 4.78 is 27.3. The van der Waals surface area contributed by atoms with Gasteiger partial charge in [-0.25, -0.2) is 8.42 Å². The molecule has 0 unspecified atom stereocenters. The van der Waals surface area contributed by atoms with Crippen molar-refractivity contribution in [2.75, 3.05) is 56.5 Å². The summed E-state index contributed by atoms with van der Waals surface area (Å²) >= 11 is 0. The van der Waals surface area contributed by atoms with E-state index in [1.165, 1.54) is 4.31 Å². The smallest absolute Gasteiger partial charge is 0.243 e. The minimum absolute atomic E-state index is 0.125. The molecule has 1 amide bonds. The molecular formula is C23H30N4O3S. The average molecular weight is 443 g/mol. The van der Waals surface area contributed by atoms with E-state index in [4.69, 9.17) is 0 Å². The predicted octanol–water partition coefficient (Wildman–Crippen LogP) is 2.48. The lowest BCUT2D eigenvalue weighted by Crippen LogP contribution is -2.44. The first kappa shape index (κ1) is 21.8. The molecule has 31 heavy (non-hydrogen) atoms. The van der Waals surface area contributed by atoms with Gasteiger partial charge in [-0.05, 0) is 56.3 Å². The van der Waals surface area contributed by atoms with Crippen LogP contribution in [0.15, 0.2) is 59.5 Å². The zero-order chi connectivity index (χ0) is 21.8. The molecule has 2 aromatic rings. The fourth-order valence-electron chi connectivity index (χ4n) is 4.18. The number of nitrogens with one attached hydrogen (secondary N) is 1. The van der Waals surface area contributed by atoms with Gasteiger partial charge in [0.05, 0.1) is 10.8 Å². The monoisotopic (exact) mass is 442 g/mol. The molecule has 0 aliphatic carbocycles. The summed E-state index contributed by atoms with van der Waals surface area (Å²) in [6.07, 6.45) is 1.36. The number of benzene rings is 2. The number of nitrogens with zero attached hydrogens (tertiary/aromatic N) is 3. The van der Waals surface area contributed by atoms with Gasteiger partial charge in [0.2, 0.25) is 15.9 Å². The number of carbonyl (C=O) groups excluding carboxylic acids is 1. The Morgan fingerprint density at radius 2 is 1.61 bits per heavy atom. The number of hydrogen-bond donors (Lipinski definition) is 1. The van der Waals surface area contributed by atoms with E-state index >= 15 is 0 Å². The van der Waals surface area contributed by atoms with Gasteiger partial charge in [-0.15, -0.1) is 0 Å². The van der Waals surface area contributed by atoms with Crippen molar-refractivity contribution in [3.8, 4) is 0 Å². The molecule has 0 spiro atoms. The number of carbonyl (C=O) groups is 1. The van der Waals surface area contributed by atoms with Gasteiger partial charge in [-0.1, -0.05) is 18.2 Å². The van der Waals surface area contributed by atoms with Gasteiger partial charge in [-0.2, -0.15) is 4.31 Å². The number of rotatable bonds is 5. The van der Waals surface area contributed by atoms with E-state index in [0.29, 0.717) is 19.4 Å². The molecule has 2 saturated heterocycles. The maximum Gasteiger partial charge on any atom is 0.243 e. The predicted molar refractivity (Wildman–Crippen MR) is 123 cm³/mol. The van der Waals surface area contributed by atoms with E-state index in [2.05, 4.69) is 22.2 Å². The zero-order valence-electron chi connectivity index (χ0n) is 17.9. The number of sulfonamides is 1. The first-order valence-corrected chi connectivity index (χ1v) is 12.3. The van der Waals surface area contributed by atoms with Crippen molar-refractivity contribution in [1.82, 2.24) is 9.21 Å². The van der Waals surface area contributed by atoms with Gasteiger partial charge in [0.15, 0.2) is 0 Å². The lowest BCUT2D eigenvalue weighted by Gasteiger charge is -2.34. The molecular weight excluding hydrogens is 412 g/mol. The first-order chi connectivity index (χ1) is 14.9. The van der Waals surface area contributed by atoms with E-state index < -0.39 is 10.0 Å². The zero-order valence-corrected chi connectivity index (χ0v) is 18.7. The summed E-state index contributed by atoms with van der Waals surface area (Å²) in [5.41, 5.74) is 1.90. The Bertz CT molecular complexity index is 987. The molecule has 166 valence electrons. The molecule has 0 radical (unpaired) electrons. The lowest BCUT2D eigenvalue weighted by molar-refractivity contribution is -0.120. The van der Waals surface area contributed by atoms with Crippen LogP contribution in [0.4, 0.5) is 11.4 Å². The van der Waals surface area contributed by atoms with Gasteiger partial charge < -0.3 is 15.1 Å². The van der Waals surface area contributed by atoms with E-state index in [9.17, 15) is 13.2 Å². The molecule has 8 heteroatoms. The number of piperidine rings is 1. The second kappa shape index (κ2) is 9.38. The average Bonchev–Trinajstić information content (AvgIpc) is 2.81. The minimum atomic E-state index is -3.58. The summed E-state index contributed by atoms with van der Waals surface area (Å²) in [7, 11) is -1.45. The van der Waals surface area contributed by atoms with Crippen LogP contribution in [0.5, 0.6) is 0 Å². The Balaban J connectivity index is 1.37. The van der Waals surface area contributed by atoms with Crippen molar-refractivity contribution in [2.24, 2.45) is 5.92 Å². The highest BCUT2D eigenvalue weighted by molar-refractivity contribution is 7.89. The van der Waals surface area contributed by atoms with Crippen LogP contribution in [0, 0.1) is 5.92 Å². The highest BCUT2D eigenvalue weighted by Gasteiger charge is 2.33. The summed E-state index contributed by atoms with van der Waals surface area (Å²) in [5, 5.41) is 2.97. The molecule has 0 bridgehead atoms. The summed E-state index contributed by atoms with van der Waals surface area (Å²) in [4.78, 5) is 17.8. The van der Waals surface area contributed by atoms with Gasteiger partial charge >= 0.3 is 0 Å². The van der Waals surface area contributed by atoms with Crippen LogP contribution in [0.25, 0.3) is 0 Å². The third-order valence-corrected chi connectivity index (χ3v) is 8.02. The van der Waals surface area contributed by atoms with Crippen molar-refractivity contribution in [2.45, 2.75) is 17.7 Å². The number of amides is 1. The fourth-order valence-corrected chi connectivity index (χ4v) is 5.73. The number of anilines is 2. The van der Waals surface area contributed by atoms with E-state index in [0.717, 1.165) is 37.6 Å². The highest BCUT2D eigenvalue weighted by Crippen LogP contribution is 2.25. The minimum Gasteiger partial charge on any atom is -0.369 e. The standard InChI is InChI=1S/C23H30N4O3S/c1-25-14-16-26(17-15-25)21-11-9-20(10-12-21)24-23(28)19-6-5-13-27(18-19)31(29,30)22-7-3-2-4-8-22/h2-4,7-12,19H,5-6,13-18H2,1H3,(H,24,28)/t19-/m1/s1. The lowest BCUT2D eigenvalue weighted by atomic mass is 9.98. The second-order valence-corrected chi connectivity index (χ2v) is 10.3. The first-order valence-electron chi connectivity index (χ1n) is 10.8. The molecule has 1 atom stereocenters. The van der Waals surface area contributed by atoms with Crippen molar-refractivity contribution >= 4 is 27.3 Å². The summed E-state index contributed by atoms with van der Waals surface area (Å²) in [5.74, 6) is -0.482. The van der Waals surface area contributed by atoms with Crippen LogP contribution < -0.4 is 10.2 Å². The number of piperazine rings is 1. The Morgan fingerprint density at radius 3 is 2.29 bits per heavy atom. The fraction of sp³-hybridized carbons (Fsp3) is 0.435. The summed E-state index contributed by atoms with van der Waals surface area (Å²) in [6.45, 7) is 4.74. The van der Waals surface area contributed by atoms with Crippen molar-refractivity contribution < 1.29 is 13.2 Å². The quantitative estimate of drug-likeness (QED) is 0.770. The maximum atomic E-state index is 12.9. The molecule has 2 aliphatic rings. The van der Waals surface area contributed by atoms with Crippen LogP contribution in [0.1, 0.15) is 12.8 Å². The molecule has 2 heterocycles. The normalized spacial score (nSPS) is 21.1. The van der Waals surface area contributed by atoms with Crippen LogP contribution in [0.2, 0.25) is 0 Å². The van der Waals surface area contributed by atoms with E-state index in [-0.39, 0.29) is 23.3 Å².